The minimum absolute atomic E-state index is 0.377. The van der Waals surface area contributed by atoms with Gasteiger partial charge in [-0.05, 0) is 51.3 Å². The molecule has 1 aromatic carbocycles. The molecule has 1 rings (SSSR count). The minimum Gasteiger partial charge on any atom is -0.424 e. The van der Waals surface area contributed by atoms with Gasteiger partial charge in [0.2, 0.25) is 0 Å². The van der Waals surface area contributed by atoms with Crippen LogP contribution in [-0.2, 0) is 14.3 Å². The maximum absolute atomic E-state index is 12.0. The quantitative estimate of drug-likeness (QED) is 0.437. The van der Waals surface area contributed by atoms with E-state index in [0.717, 1.165) is 16.7 Å². The van der Waals surface area contributed by atoms with E-state index in [9.17, 15) is 4.79 Å². The zero-order valence-electron chi connectivity index (χ0n) is 13.0. The number of rotatable bonds is 7. The van der Waals surface area contributed by atoms with Crippen LogP contribution in [0.5, 0.6) is 5.75 Å². The van der Waals surface area contributed by atoms with Crippen LogP contribution in [0.15, 0.2) is 12.1 Å². The molecule has 0 heterocycles. The predicted molar refractivity (Wildman–Crippen MR) is 78.2 cm³/mol. The summed E-state index contributed by atoms with van der Waals surface area (Å²) in [6, 6.07) is 3.97. The number of ether oxygens (including phenoxy) is 3. The first kappa shape index (κ1) is 16.7. The van der Waals surface area contributed by atoms with Crippen molar-refractivity contribution in [3.63, 3.8) is 0 Å². The molecular formula is C16H24O4. The average Bonchev–Trinajstić information content (AvgIpc) is 2.43. The van der Waals surface area contributed by atoms with Gasteiger partial charge < -0.3 is 14.2 Å². The molecule has 0 saturated heterocycles. The lowest BCUT2D eigenvalue weighted by molar-refractivity contribution is -0.147. The van der Waals surface area contributed by atoms with Crippen LogP contribution in [0.25, 0.3) is 0 Å². The fraction of sp³-hybridized carbons (Fsp3) is 0.562. The molecule has 0 amide bonds. The second kappa shape index (κ2) is 8.02. The van der Waals surface area contributed by atoms with Crippen molar-refractivity contribution in [1.82, 2.24) is 0 Å². The second-order valence-corrected chi connectivity index (χ2v) is 4.78. The molecule has 0 aliphatic rings. The second-order valence-electron chi connectivity index (χ2n) is 4.78. The van der Waals surface area contributed by atoms with Crippen LogP contribution in [0.4, 0.5) is 0 Å². The molecule has 0 spiro atoms. The Hall–Kier alpha value is -1.39. The molecule has 0 N–H and O–H groups in total. The molecule has 1 unspecified atom stereocenters. The maximum Gasteiger partial charge on any atom is 0.340 e. The highest BCUT2D eigenvalue weighted by Gasteiger charge is 2.18. The molecule has 20 heavy (non-hydrogen) atoms. The van der Waals surface area contributed by atoms with E-state index >= 15 is 0 Å². The minimum atomic E-state index is -0.602. The molecule has 1 atom stereocenters. The van der Waals surface area contributed by atoms with Crippen LogP contribution < -0.4 is 4.74 Å². The van der Waals surface area contributed by atoms with Crippen molar-refractivity contribution in [2.24, 2.45) is 0 Å². The van der Waals surface area contributed by atoms with Gasteiger partial charge >= 0.3 is 5.97 Å². The highest BCUT2D eigenvalue weighted by atomic mass is 16.6. The number of hydrogen-bond donors (Lipinski definition) is 0. The third kappa shape index (κ3) is 4.62. The van der Waals surface area contributed by atoms with Gasteiger partial charge in [-0.25, -0.2) is 4.79 Å². The molecule has 0 aliphatic carbocycles. The Bertz CT molecular complexity index is 454. The number of aryl methyl sites for hydroxylation is 2. The van der Waals surface area contributed by atoms with Crippen molar-refractivity contribution in [3.8, 4) is 5.75 Å². The van der Waals surface area contributed by atoms with Crippen molar-refractivity contribution < 1.29 is 19.0 Å². The fourth-order valence-corrected chi connectivity index (χ4v) is 1.76. The van der Waals surface area contributed by atoms with Gasteiger partial charge in [-0.2, -0.15) is 0 Å². The number of esters is 1. The zero-order valence-corrected chi connectivity index (χ0v) is 13.0. The van der Waals surface area contributed by atoms with Gasteiger partial charge in [-0.1, -0.05) is 12.1 Å². The standard InChI is InChI=1S/C16H24O4/c1-6-18-9-10-19-14(5)16(17)20-15-12(3)8-7-11(2)13(15)4/h7-8,14H,6,9-10H2,1-5H3. The highest BCUT2D eigenvalue weighted by Crippen LogP contribution is 2.26. The van der Waals surface area contributed by atoms with Crippen molar-refractivity contribution in [1.29, 1.82) is 0 Å². The summed E-state index contributed by atoms with van der Waals surface area (Å²) < 4.78 is 16.0. The Morgan fingerprint density at radius 3 is 2.45 bits per heavy atom. The van der Waals surface area contributed by atoms with Gasteiger partial charge in [0.15, 0.2) is 6.10 Å². The molecule has 0 aromatic heterocycles. The molecule has 4 nitrogen and oxygen atoms in total. The first-order valence-electron chi connectivity index (χ1n) is 6.95. The van der Waals surface area contributed by atoms with E-state index in [-0.39, 0.29) is 5.97 Å². The van der Waals surface area contributed by atoms with Gasteiger partial charge in [0.25, 0.3) is 0 Å². The van der Waals surface area contributed by atoms with Gasteiger partial charge in [-0.15, -0.1) is 0 Å². The summed E-state index contributed by atoms with van der Waals surface area (Å²) in [6.45, 7) is 11.0. The lowest BCUT2D eigenvalue weighted by Crippen LogP contribution is -2.27. The number of carbonyl (C=O) groups excluding carboxylic acids is 1. The Labute approximate surface area is 121 Å². The predicted octanol–water partition coefficient (Wildman–Crippen LogP) is 2.96. The molecule has 0 saturated carbocycles. The van der Waals surface area contributed by atoms with Crippen molar-refractivity contribution in [2.75, 3.05) is 19.8 Å². The lowest BCUT2D eigenvalue weighted by Gasteiger charge is -2.16. The van der Waals surface area contributed by atoms with E-state index in [1.165, 1.54) is 0 Å². The molecule has 0 fully saturated rings. The van der Waals surface area contributed by atoms with E-state index in [1.807, 2.05) is 39.8 Å². The van der Waals surface area contributed by atoms with Gasteiger partial charge in [-0.3, -0.25) is 0 Å². The molecule has 0 radical (unpaired) electrons. The summed E-state index contributed by atoms with van der Waals surface area (Å²) in [4.78, 5) is 12.0. The van der Waals surface area contributed by atoms with Crippen molar-refractivity contribution >= 4 is 5.97 Å². The summed E-state index contributed by atoms with van der Waals surface area (Å²) in [5, 5.41) is 0. The van der Waals surface area contributed by atoms with E-state index in [1.54, 1.807) is 6.92 Å². The Morgan fingerprint density at radius 1 is 1.15 bits per heavy atom. The first-order chi connectivity index (χ1) is 9.47. The fourth-order valence-electron chi connectivity index (χ4n) is 1.76. The smallest absolute Gasteiger partial charge is 0.340 e. The Balaban J connectivity index is 2.60. The SMILES string of the molecule is CCOCCOC(C)C(=O)Oc1c(C)ccc(C)c1C. The normalized spacial score (nSPS) is 12.2. The largest absolute Gasteiger partial charge is 0.424 e. The zero-order chi connectivity index (χ0) is 15.1. The Kier molecular flexibility index (Phi) is 6.68. The Morgan fingerprint density at radius 2 is 1.80 bits per heavy atom. The van der Waals surface area contributed by atoms with E-state index in [2.05, 4.69) is 0 Å². The van der Waals surface area contributed by atoms with Gasteiger partial charge in [0, 0.05) is 6.61 Å². The first-order valence-corrected chi connectivity index (χ1v) is 6.95. The molecular weight excluding hydrogens is 256 g/mol. The van der Waals surface area contributed by atoms with Crippen LogP contribution in [0.2, 0.25) is 0 Å². The molecule has 0 aliphatic heterocycles. The monoisotopic (exact) mass is 280 g/mol. The van der Waals surface area contributed by atoms with E-state index in [0.29, 0.717) is 25.6 Å². The summed E-state index contributed by atoms with van der Waals surface area (Å²) >= 11 is 0. The highest BCUT2D eigenvalue weighted by molar-refractivity contribution is 5.77. The van der Waals surface area contributed by atoms with Crippen LogP contribution in [0.1, 0.15) is 30.5 Å². The molecule has 112 valence electrons. The summed E-state index contributed by atoms with van der Waals surface area (Å²) in [5.41, 5.74) is 3.03. The van der Waals surface area contributed by atoms with Crippen molar-refractivity contribution in [2.45, 2.75) is 40.7 Å². The summed E-state index contributed by atoms with van der Waals surface area (Å²) in [7, 11) is 0. The number of carbonyl (C=O) groups is 1. The van der Waals surface area contributed by atoms with Crippen LogP contribution >= 0.6 is 0 Å². The summed E-state index contributed by atoms with van der Waals surface area (Å²) in [5.74, 6) is 0.258. The van der Waals surface area contributed by atoms with Crippen molar-refractivity contribution in [3.05, 3.63) is 28.8 Å². The average molecular weight is 280 g/mol. The number of hydrogen-bond acceptors (Lipinski definition) is 4. The maximum atomic E-state index is 12.0. The van der Waals surface area contributed by atoms with Crippen LogP contribution in [0, 0.1) is 20.8 Å². The van der Waals surface area contributed by atoms with Gasteiger partial charge in [0.05, 0.1) is 13.2 Å². The van der Waals surface area contributed by atoms with Crippen LogP contribution in [-0.4, -0.2) is 31.9 Å². The van der Waals surface area contributed by atoms with Gasteiger partial charge in [0.1, 0.15) is 5.75 Å². The van der Waals surface area contributed by atoms with E-state index < -0.39 is 6.10 Å². The lowest BCUT2D eigenvalue weighted by atomic mass is 10.1. The third-order valence-corrected chi connectivity index (χ3v) is 3.21. The van der Waals surface area contributed by atoms with E-state index in [4.69, 9.17) is 14.2 Å². The third-order valence-electron chi connectivity index (χ3n) is 3.21. The molecule has 4 heteroatoms. The molecule has 0 bridgehead atoms. The molecule has 1 aromatic rings. The topological polar surface area (TPSA) is 44.8 Å². The van der Waals surface area contributed by atoms with Crippen LogP contribution in [0.3, 0.4) is 0 Å². The number of benzene rings is 1. The summed E-state index contributed by atoms with van der Waals surface area (Å²) in [6.07, 6.45) is -0.602.